The Morgan fingerprint density at radius 1 is 1.47 bits per heavy atom. The number of carbonyl (C=O) groups is 2. The maximum atomic E-state index is 12.2. The highest BCUT2D eigenvalue weighted by Gasteiger charge is 2.65. The number of carboxylic acids is 1. The number of carbonyl (C=O) groups excluding carboxylic acids is 1. The van der Waals surface area contributed by atoms with Crippen LogP contribution < -0.4 is 4.72 Å². The molecule has 2 fully saturated rings. The number of nitrogens with one attached hydrogen (secondary N) is 1. The third kappa shape index (κ3) is 2.18. The Balaban J connectivity index is 2.22. The first-order chi connectivity index (χ1) is 8.61. The van der Waals surface area contributed by atoms with E-state index >= 15 is 0 Å². The lowest BCUT2D eigenvalue weighted by Gasteiger charge is -2.36. The molecule has 0 heterocycles. The molecule has 108 valence electrons. The van der Waals surface area contributed by atoms with Crippen LogP contribution in [0.1, 0.15) is 33.1 Å². The van der Waals surface area contributed by atoms with Gasteiger partial charge in [-0.1, -0.05) is 13.8 Å². The van der Waals surface area contributed by atoms with Crippen molar-refractivity contribution in [3.8, 4) is 0 Å². The SMILES string of the molecule is CC1(C)[C@H]2CC[C@@]1(CS(=O)(=O)NCC(=O)O)C(=O)C2. The predicted octanol–water partition coefficient (Wildman–Crippen LogP) is 0.386. The van der Waals surface area contributed by atoms with Crippen LogP contribution in [0.25, 0.3) is 0 Å². The molecular formula is C12H19NO5S. The molecule has 0 radical (unpaired) electrons. The Morgan fingerprint density at radius 2 is 2.11 bits per heavy atom. The van der Waals surface area contributed by atoms with E-state index in [9.17, 15) is 18.0 Å². The Kier molecular flexibility index (Phi) is 3.25. The van der Waals surface area contributed by atoms with Crippen LogP contribution >= 0.6 is 0 Å². The molecule has 2 N–H and O–H groups in total. The molecule has 0 amide bonds. The minimum absolute atomic E-state index is 0.00875. The zero-order chi connectivity index (χ0) is 14.5. The first-order valence-electron chi connectivity index (χ1n) is 6.33. The molecule has 2 rings (SSSR count). The normalized spacial score (nSPS) is 32.7. The average Bonchev–Trinajstić information content (AvgIpc) is 2.60. The third-order valence-electron chi connectivity index (χ3n) is 5.02. The molecule has 7 heteroatoms. The number of carboxylic acid groups (broad SMARTS) is 1. The summed E-state index contributed by atoms with van der Waals surface area (Å²) >= 11 is 0. The molecule has 6 nitrogen and oxygen atoms in total. The number of fused-ring (bicyclic) bond motifs is 2. The molecule has 2 bridgehead atoms. The maximum absolute atomic E-state index is 12.2. The molecule has 0 aromatic heterocycles. The number of aliphatic carboxylic acids is 1. The maximum Gasteiger partial charge on any atom is 0.318 e. The number of Topliss-reactive ketones (excluding diaryl/α,β-unsaturated/α-hetero) is 1. The smallest absolute Gasteiger partial charge is 0.318 e. The van der Waals surface area contributed by atoms with E-state index in [-0.39, 0.29) is 22.9 Å². The zero-order valence-electron chi connectivity index (χ0n) is 11.1. The molecule has 0 saturated heterocycles. The van der Waals surface area contributed by atoms with Crippen molar-refractivity contribution < 1.29 is 23.1 Å². The van der Waals surface area contributed by atoms with Gasteiger partial charge in [0.25, 0.3) is 0 Å². The third-order valence-corrected chi connectivity index (χ3v) is 6.48. The fourth-order valence-electron chi connectivity index (χ4n) is 3.66. The van der Waals surface area contributed by atoms with Crippen LogP contribution in [0, 0.1) is 16.7 Å². The minimum atomic E-state index is -3.76. The average molecular weight is 289 g/mol. The highest BCUT2D eigenvalue weighted by atomic mass is 32.2. The topological polar surface area (TPSA) is 101 Å². The van der Waals surface area contributed by atoms with E-state index in [0.717, 1.165) is 6.42 Å². The molecule has 2 atom stereocenters. The Labute approximate surface area is 112 Å². The second-order valence-electron chi connectivity index (χ2n) is 6.14. The van der Waals surface area contributed by atoms with Crippen LogP contribution in [-0.4, -0.2) is 37.6 Å². The standard InChI is InChI=1S/C12H19NO5S/c1-11(2)8-3-4-12(11,9(14)5-8)7-19(17,18)13-6-10(15)16/h8,13H,3-7H2,1-2H3,(H,15,16)/t8-,12+/m0/s1. The van der Waals surface area contributed by atoms with Crippen molar-refractivity contribution in [2.75, 3.05) is 12.3 Å². The Bertz CT molecular complexity index is 524. The van der Waals surface area contributed by atoms with Crippen molar-refractivity contribution in [1.29, 1.82) is 0 Å². The van der Waals surface area contributed by atoms with Gasteiger partial charge in [-0.3, -0.25) is 9.59 Å². The summed E-state index contributed by atoms with van der Waals surface area (Å²) < 4.78 is 26.0. The van der Waals surface area contributed by atoms with Crippen LogP contribution in [0.3, 0.4) is 0 Å². The number of sulfonamides is 1. The van der Waals surface area contributed by atoms with Crippen molar-refractivity contribution >= 4 is 21.8 Å². The van der Waals surface area contributed by atoms with E-state index in [4.69, 9.17) is 5.11 Å². The molecule has 19 heavy (non-hydrogen) atoms. The van der Waals surface area contributed by atoms with Gasteiger partial charge in [0.15, 0.2) is 0 Å². The minimum Gasteiger partial charge on any atom is -0.480 e. The van der Waals surface area contributed by atoms with Crippen LogP contribution in [0.2, 0.25) is 0 Å². The first kappa shape index (κ1) is 14.5. The van der Waals surface area contributed by atoms with Crippen LogP contribution in [-0.2, 0) is 19.6 Å². The van der Waals surface area contributed by atoms with E-state index in [2.05, 4.69) is 0 Å². The monoisotopic (exact) mass is 289 g/mol. The molecule has 2 saturated carbocycles. The Morgan fingerprint density at radius 3 is 2.53 bits per heavy atom. The van der Waals surface area contributed by atoms with Crippen LogP contribution in [0.5, 0.6) is 0 Å². The van der Waals surface area contributed by atoms with E-state index in [1.165, 1.54) is 0 Å². The van der Waals surface area contributed by atoms with Gasteiger partial charge in [0.05, 0.1) is 5.75 Å². The number of hydrogen-bond donors (Lipinski definition) is 2. The predicted molar refractivity (Wildman–Crippen MR) is 68.0 cm³/mol. The van der Waals surface area contributed by atoms with Gasteiger partial charge in [-0.15, -0.1) is 0 Å². The van der Waals surface area contributed by atoms with Gasteiger partial charge < -0.3 is 5.11 Å². The van der Waals surface area contributed by atoms with Gasteiger partial charge in [0, 0.05) is 11.8 Å². The summed E-state index contributed by atoms with van der Waals surface area (Å²) in [5.74, 6) is -1.28. The number of rotatable bonds is 5. The molecule has 2 aliphatic rings. The first-order valence-corrected chi connectivity index (χ1v) is 7.98. The summed E-state index contributed by atoms with van der Waals surface area (Å²) in [6.45, 7) is 3.25. The molecule has 0 aromatic carbocycles. The lowest BCUT2D eigenvalue weighted by molar-refractivity contribution is -0.135. The lowest BCUT2D eigenvalue weighted by atomic mass is 9.70. The summed E-state index contributed by atoms with van der Waals surface area (Å²) in [4.78, 5) is 22.6. The number of hydrogen-bond acceptors (Lipinski definition) is 4. The number of ketones is 1. The fourth-order valence-corrected chi connectivity index (χ4v) is 5.43. The largest absolute Gasteiger partial charge is 0.480 e. The quantitative estimate of drug-likeness (QED) is 0.762. The van der Waals surface area contributed by atoms with Gasteiger partial charge in [0.1, 0.15) is 12.3 Å². The van der Waals surface area contributed by atoms with E-state index < -0.39 is 28.0 Å². The molecular weight excluding hydrogens is 270 g/mol. The van der Waals surface area contributed by atoms with Crippen molar-refractivity contribution in [3.05, 3.63) is 0 Å². The van der Waals surface area contributed by atoms with Gasteiger partial charge in [-0.25, -0.2) is 13.1 Å². The van der Waals surface area contributed by atoms with Crippen molar-refractivity contribution in [1.82, 2.24) is 4.72 Å². The summed E-state index contributed by atoms with van der Waals surface area (Å²) in [6, 6.07) is 0. The summed E-state index contributed by atoms with van der Waals surface area (Å²) in [6.07, 6.45) is 1.89. The van der Waals surface area contributed by atoms with Gasteiger partial charge in [-0.2, -0.15) is 0 Å². The Hall–Kier alpha value is -0.950. The van der Waals surface area contributed by atoms with Crippen molar-refractivity contribution in [2.24, 2.45) is 16.7 Å². The summed E-state index contributed by atoms with van der Waals surface area (Å²) in [5, 5.41) is 8.53. The molecule has 0 aromatic rings. The van der Waals surface area contributed by atoms with Crippen molar-refractivity contribution in [3.63, 3.8) is 0 Å². The molecule has 0 spiro atoms. The highest BCUT2D eigenvalue weighted by Crippen LogP contribution is 2.64. The second-order valence-corrected chi connectivity index (χ2v) is 7.95. The lowest BCUT2D eigenvalue weighted by Crippen LogP contribution is -2.46. The van der Waals surface area contributed by atoms with Gasteiger partial charge in [0.2, 0.25) is 10.0 Å². The summed E-state index contributed by atoms with van der Waals surface area (Å²) in [7, 11) is -3.76. The van der Waals surface area contributed by atoms with E-state index in [0.29, 0.717) is 12.8 Å². The van der Waals surface area contributed by atoms with E-state index in [1.807, 2.05) is 18.6 Å². The van der Waals surface area contributed by atoms with Crippen LogP contribution in [0.15, 0.2) is 0 Å². The second kappa shape index (κ2) is 4.28. The van der Waals surface area contributed by atoms with Crippen molar-refractivity contribution in [2.45, 2.75) is 33.1 Å². The molecule has 0 unspecified atom stereocenters. The van der Waals surface area contributed by atoms with Crippen LogP contribution in [0.4, 0.5) is 0 Å². The molecule has 2 aliphatic carbocycles. The zero-order valence-corrected chi connectivity index (χ0v) is 11.9. The van der Waals surface area contributed by atoms with Gasteiger partial charge in [-0.05, 0) is 24.2 Å². The summed E-state index contributed by atoms with van der Waals surface area (Å²) in [5.41, 5.74) is -1.18. The van der Waals surface area contributed by atoms with E-state index in [1.54, 1.807) is 0 Å². The fraction of sp³-hybridized carbons (Fsp3) is 0.833. The highest BCUT2D eigenvalue weighted by molar-refractivity contribution is 7.89. The molecule has 0 aliphatic heterocycles. The van der Waals surface area contributed by atoms with Gasteiger partial charge >= 0.3 is 5.97 Å².